The van der Waals surface area contributed by atoms with Crippen LogP contribution in [-0.2, 0) is 11.5 Å². The number of rotatable bonds is 2. The third kappa shape index (κ3) is 2.68. The Kier molecular flexibility index (Phi) is 3.49. The number of benzene rings is 1. The first-order valence-electron chi connectivity index (χ1n) is 6.19. The quantitative estimate of drug-likeness (QED) is 0.597. The zero-order valence-electron chi connectivity index (χ0n) is 10.7. The second kappa shape index (κ2) is 5.18. The molecule has 6 heteroatoms. The third-order valence-corrected chi connectivity index (χ3v) is 3.91. The molecule has 3 rings (SSSR count). The van der Waals surface area contributed by atoms with E-state index >= 15 is 0 Å². The van der Waals surface area contributed by atoms with Gasteiger partial charge in [0.1, 0.15) is 0 Å². The van der Waals surface area contributed by atoms with Gasteiger partial charge in [0.15, 0.2) is 0 Å². The predicted molar refractivity (Wildman–Crippen MR) is 78.3 cm³/mol. The number of pyridine rings is 1. The molecule has 1 aromatic carbocycles. The van der Waals surface area contributed by atoms with E-state index in [-0.39, 0.29) is 0 Å². The van der Waals surface area contributed by atoms with Crippen LogP contribution in [0.4, 0.5) is 13.2 Å². The Balaban J connectivity index is 2.08. The number of fused-ring (bicyclic) bond motifs is 1. The van der Waals surface area contributed by atoms with Gasteiger partial charge in [0.25, 0.3) is 0 Å². The molecule has 0 saturated heterocycles. The van der Waals surface area contributed by atoms with Crippen LogP contribution in [0.25, 0.3) is 16.6 Å². The van der Waals surface area contributed by atoms with Crippen LogP contribution in [0.1, 0.15) is 11.1 Å². The van der Waals surface area contributed by atoms with Crippen molar-refractivity contribution < 1.29 is 13.2 Å². The molecule has 2 heterocycles. The van der Waals surface area contributed by atoms with E-state index in [9.17, 15) is 13.2 Å². The smallest absolute Gasteiger partial charge is 0.240 e. The Morgan fingerprint density at radius 2 is 1.81 bits per heavy atom. The van der Waals surface area contributed by atoms with Gasteiger partial charge in [0, 0.05) is 17.1 Å². The van der Waals surface area contributed by atoms with Crippen molar-refractivity contribution in [2.24, 2.45) is 0 Å². The van der Waals surface area contributed by atoms with Gasteiger partial charge in [0.2, 0.25) is 0 Å². The largest absolute Gasteiger partial charge is 0.416 e. The summed E-state index contributed by atoms with van der Waals surface area (Å²) < 4.78 is 39.5. The highest BCUT2D eigenvalue weighted by Crippen LogP contribution is 2.32. The lowest BCUT2D eigenvalue weighted by Crippen LogP contribution is -2.03. The molecule has 0 amide bonds. The van der Waals surface area contributed by atoms with E-state index in [1.807, 2.05) is 18.3 Å². The SMILES string of the molecule is FC(F)(F)c1ccc(-c2cnn3ccc(CBr)cc23)cc1. The first-order valence-corrected chi connectivity index (χ1v) is 7.31. The lowest BCUT2D eigenvalue weighted by atomic mass is 10.0. The average Bonchev–Trinajstić information content (AvgIpc) is 2.89. The summed E-state index contributed by atoms with van der Waals surface area (Å²) in [5.74, 6) is 0. The molecule has 0 bridgehead atoms. The van der Waals surface area contributed by atoms with Crippen molar-refractivity contribution >= 4 is 21.4 Å². The van der Waals surface area contributed by atoms with Gasteiger partial charge in [-0.15, -0.1) is 0 Å². The molecule has 0 aliphatic heterocycles. The molecule has 0 spiro atoms. The number of halogens is 4. The van der Waals surface area contributed by atoms with Crippen molar-refractivity contribution in [2.45, 2.75) is 11.5 Å². The van der Waals surface area contributed by atoms with Gasteiger partial charge < -0.3 is 0 Å². The zero-order chi connectivity index (χ0) is 15.0. The Morgan fingerprint density at radius 1 is 1.10 bits per heavy atom. The van der Waals surface area contributed by atoms with E-state index < -0.39 is 11.7 Å². The first-order chi connectivity index (χ1) is 9.99. The number of nitrogens with zero attached hydrogens (tertiary/aromatic N) is 2. The summed E-state index contributed by atoms with van der Waals surface area (Å²) in [5, 5.41) is 4.93. The fraction of sp³-hybridized carbons (Fsp3) is 0.133. The molecule has 0 fully saturated rings. The highest BCUT2D eigenvalue weighted by Gasteiger charge is 2.30. The minimum Gasteiger partial charge on any atom is -0.240 e. The molecule has 0 N–H and O–H groups in total. The summed E-state index contributed by atoms with van der Waals surface area (Å²) in [5.41, 5.74) is 2.82. The molecule has 0 aliphatic rings. The molecule has 3 aromatic rings. The monoisotopic (exact) mass is 354 g/mol. The van der Waals surface area contributed by atoms with Crippen molar-refractivity contribution in [3.8, 4) is 11.1 Å². The third-order valence-electron chi connectivity index (χ3n) is 3.26. The molecule has 0 radical (unpaired) electrons. The minimum atomic E-state index is -4.32. The van der Waals surface area contributed by atoms with Crippen LogP contribution in [0.15, 0.2) is 48.8 Å². The minimum absolute atomic E-state index is 0.649. The van der Waals surface area contributed by atoms with Crippen LogP contribution in [0.2, 0.25) is 0 Å². The second-order valence-electron chi connectivity index (χ2n) is 4.63. The highest BCUT2D eigenvalue weighted by molar-refractivity contribution is 9.08. The van der Waals surface area contributed by atoms with Gasteiger partial charge in [-0.2, -0.15) is 18.3 Å². The molecule has 108 valence electrons. The lowest BCUT2D eigenvalue weighted by Gasteiger charge is -2.07. The van der Waals surface area contributed by atoms with Gasteiger partial charge >= 0.3 is 6.18 Å². The van der Waals surface area contributed by atoms with E-state index in [1.54, 1.807) is 10.7 Å². The van der Waals surface area contributed by atoms with Gasteiger partial charge in [-0.1, -0.05) is 28.1 Å². The maximum Gasteiger partial charge on any atom is 0.416 e. The molecule has 0 unspecified atom stereocenters. The molecule has 2 nitrogen and oxygen atoms in total. The van der Waals surface area contributed by atoms with Gasteiger partial charge in [-0.05, 0) is 35.4 Å². The summed E-state index contributed by atoms with van der Waals surface area (Å²) in [6.07, 6.45) is -0.821. The summed E-state index contributed by atoms with van der Waals surface area (Å²) in [7, 11) is 0. The van der Waals surface area contributed by atoms with E-state index in [1.165, 1.54) is 12.1 Å². The fourth-order valence-electron chi connectivity index (χ4n) is 2.17. The fourth-order valence-corrected chi connectivity index (χ4v) is 2.52. The Morgan fingerprint density at radius 3 is 2.43 bits per heavy atom. The van der Waals surface area contributed by atoms with Gasteiger partial charge in [0.05, 0.1) is 17.3 Å². The van der Waals surface area contributed by atoms with Crippen LogP contribution >= 0.6 is 15.9 Å². The van der Waals surface area contributed by atoms with Crippen molar-refractivity contribution in [1.82, 2.24) is 9.61 Å². The lowest BCUT2D eigenvalue weighted by molar-refractivity contribution is -0.137. The maximum absolute atomic E-state index is 12.6. The Bertz CT molecular complexity index is 776. The van der Waals surface area contributed by atoms with E-state index in [2.05, 4.69) is 21.0 Å². The number of hydrogen-bond donors (Lipinski definition) is 0. The molecule has 0 saturated carbocycles. The summed E-state index contributed by atoms with van der Waals surface area (Å²) in [6, 6.07) is 9.03. The van der Waals surface area contributed by atoms with Crippen LogP contribution in [0.3, 0.4) is 0 Å². The summed E-state index contributed by atoms with van der Waals surface area (Å²) in [4.78, 5) is 0. The van der Waals surface area contributed by atoms with E-state index in [0.29, 0.717) is 10.9 Å². The Labute approximate surface area is 127 Å². The molecular formula is C15H10BrF3N2. The predicted octanol–water partition coefficient (Wildman–Crippen LogP) is 4.92. The first kappa shape index (κ1) is 14.1. The Hall–Kier alpha value is -1.82. The van der Waals surface area contributed by atoms with Crippen molar-refractivity contribution in [3.63, 3.8) is 0 Å². The standard InChI is InChI=1S/C15H10BrF3N2/c16-8-10-5-6-21-14(7-10)13(9-20-21)11-1-3-12(4-2-11)15(17,18)19/h1-7,9H,8H2. The zero-order valence-corrected chi connectivity index (χ0v) is 12.3. The van der Waals surface area contributed by atoms with Crippen LogP contribution in [0.5, 0.6) is 0 Å². The number of alkyl halides is 4. The van der Waals surface area contributed by atoms with E-state index in [0.717, 1.165) is 28.8 Å². The average molecular weight is 355 g/mol. The summed E-state index contributed by atoms with van der Waals surface area (Å²) >= 11 is 3.39. The molecular weight excluding hydrogens is 345 g/mol. The number of aromatic nitrogens is 2. The highest BCUT2D eigenvalue weighted by atomic mass is 79.9. The van der Waals surface area contributed by atoms with Gasteiger partial charge in [-0.3, -0.25) is 0 Å². The summed E-state index contributed by atoms with van der Waals surface area (Å²) in [6.45, 7) is 0. The van der Waals surface area contributed by atoms with Crippen LogP contribution < -0.4 is 0 Å². The number of hydrogen-bond acceptors (Lipinski definition) is 1. The van der Waals surface area contributed by atoms with E-state index in [4.69, 9.17) is 0 Å². The molecule has 0 aliphatic carbocycles. The van der Waals surface area contributed by atoms with Crippen LogP contribution in [0, 0.1) is 0 Å². The van der Waals surface area contributed by atoms with Gasteiger partial charge in [-0.25, -0.2) is 4.52 Å². The molecule has 0 atom stereocenters. The maximum atomic E-state index is 12.6. The molecule has 21 heavy (non-hydrogen) atoms. The normalized spacial score (nSPS) is 12.0. The molecule has 2 aromatic heterocycles. The topological polar surface area (TPSA) is 17.3 Å². The van der Waals surface area contributed by atoms with Crippen molar-refractivity contribution in [1.29, 1.82) is 0 Å². The van der Waals surface area contributed by atoms with Crippen molar-refractivity contribution in [3.05, 3.63) is 59.9 Å². The van der Waals surface area contributed by atoms with Crippen LogP contribution in [-0.4, -0.2) is 9.61 Å². The van der Waals surface area contributed by atoms with Crippen molar-refractivity contribution in [2.75, 3.05) is 0 Å². The second-order valence-corrected chi connectivity index (χ2v) is 5.19.